The van der Waals surface area contributed by atoms with Gasteiger partial charge in [0.15, 0.2) is 0 Å². The monoisotopic (exact) mass is 289 g/mol. The molecule has 2 bridgehead atoms. The van der Waals surface area contributed by atoms with Crippen LogP contribution in [-0.4, -0.2) is 6.54 Å². The first-order valence-electron chi connectivity index (χ1n) is 8.60. The third-order valence-electron chi connectivity index (χ3n) is 6.57. The van der Waals surface area contributed by atoms with Crippen molar-refractivity contribution < 1.29 is 0 Å². The van der Waals surface area contributed by atoms with Crippen LogP contribution in [0, 0.1) is 12.3 Å². The van der Waals surface area contributed by atoms with Crippen LogP contribution >= 0.6 is 0 Å². The van der Waals surface area contributed by atoms with Crippen LogP contribution in [0.15, 0.2) is 42.5 Å². The number of aryl methyl sites for hydroxylation is 1. The van der Waals surface area contributed by atoms with Crippen LogP contribution in [0.2, 0.25) is 0 Å². The standard InChI is InChI=1S/C21H23N/c1-15-6-5-8-17-16-7-3-4-9-18(16)21-12-10-20(2,11-13-21)14-22(21)19(15)17/h3-9H,10-14H2,1-2H3. The molecule has 6 rings (SSSR count). The van der Waals surface area contributed by atoms with Gasteiger partial charge in [-0.3, -0.25) is 0 Å². The Morgan fingerprint density at radius 2 is 1.59 bits per heavy atom. The van der Waals surface area contributed by atoms with Crippen molar-refractivity contribution in [2.45, 2.75) is 45.1 Å². The summed E-state index contributed by atoms with van der Waals surface area (Å²) < 4.78 is 0. The van der Waals surface area contributed by atoms with Gasteiger partial charge in [-0.25, -0.2) is 0 Å². The zero-order valence-electron chi connectivity index (χ0n) is 13.5. The van der Waals surface area contributed by atoms with Gasteiger partial charge in [0.2, 0.25) is 0 Å². The zero-order valence-corrected chi connectivity index (χ0v) is 13.5. The summed E-state index contributed by atoms with van der Waals surface area (Å²) in [5.41, 5.74) is 8.20. The molecule has 0 atom stereocenters. The Labute approximate surface area is 133 Å². The van der Waals surface area contributed by atoms with E-state index in [4.69, 9.17) is 0 Å². The van der Waals surface area contributed by atoms with Crippen molar-refractivity contribution in [3.05, 3.63) is 53.6 Å². The van der Waals surface area contributed by atoms with Crippen molar-refractivity contribution in [2.75, 3.05) is 11.4 Å². The summed E-state index contributed by atoms with van der Waals surface area (Å²) in [6, 6.07) is 16.0. The van der Waals surface area contributed by atoms with Crippen LogP contribution in [0.5, 0.6) is 0 Å². The fourth-order valence-corrected chi connectivity index (χ4v) is 5.29. The molecular weight excluding hydrogens is 266 g/mol. The molecule has 1 aliphatic carbocycles. The normalized spacial score (nSPS) is 31.5. The van der Waals surface area contributed by atoms with Crippen LogP contribution in [0.4, 0.5) is 5.69 Å². The number of piperidine rings is 2. The number of rotatable bonds is 0. The van der Waals surface area contributed by atoms with Crippen molar-refractivity contribution in [2.24, 2.45) is 5.41 Å². The van der Waals surface area contributed by atoms with Gasteiger partial charge in [0.1, 0.15) is 0 Å². The van der Waals surface area contributed by atoms with E-state index in [-0.39, 0.29) is 5.54 Å². The van der Waals surface area contributed by atoms with Crippen molar-refractivity contribution in [1.29, 1.82) is 0 Å². The number of benzene rings is 2. The molecule has 1 heteroatoms. The summed E-state index contributed by atoms with van der Waals surface area (Å²) in [5.74, 6) is 0. The Kier molecular flexibility index (Phi) is 2.29. The smallest absolute Gasteiger partial charge is 0.0660 e. The van der Waals surface area contributed by atoms with Gasteiger partial charge in [0.25, 0.3) is 0 Å². The Morgan fingerprint density at radius 3 is 2.41 bits per heavy atom. The van der Waals surface area contributed by atoms with Gasteiger partial charge in [-0.15, -0.1) is 0 Å². The van der Waals surface area contributed by atoms with E-state index in [0.717, 1.165) is 0 Å². The van der Waals surface area contributed by atoms with E-state index in [1.807, 2.05) is 0 Å². The molecule has 0 amide bonds. The summed E-state index contributed by atoms with van der Waals surface area (Å²) >= 11 is 0. The lowest BCUT2D eigenvalue weighted by molar-refractivity contribution is 0.0799. The highest BCUT2D eigenvalue weighted by atomic mass is 15.2. The lowest BCUT2D eigenvalue weighted by Gasteiger charge is -2.62. The topological polar surface area (TPSA) is 3.24 Å². The zero-order chi connectivity index (χ0) is 14.9. The maximum Gasteiger partial charge on any atom is 0.0660 e. The molecule has 3 aliphatic heterocycles. The molecule has 2 aromatic carbocycles. The van der Waals surface area contributed by atoms with Crippen LogP contribution in [0.1, 0.15) is 43.7 Å². The fourth-order valence-electron chi connectivity index (χ4n) is 5.29. The van der Waals surface area contributed by atoms with E-state index in [9.17, 15) is 0 Å². The highest BCUT2D eigenvalue weighted by Gasteiger charge is 2.55. The maximum atomic E-state index is 2.78. The predicted molar refractivity (Wildman–Crippen MR) is 92.2 cm³/mol. The first-order chi connectivity index (χ1) is 10.6. The van der Waals surface area contributed by atoms with E-state index in [1.54, 1.807) is 5.56 Å². The maximum absolute atomic E-state index is 2.78. The molecular formula is C21H23N. The minimum Gasteiger partial charge on any atom is -0.360 e. The molecule has 2 aromatic rings. The number of hydrogen-bond donors (Lipinski definition) is 0. The number of anilines is 1. The van der Waals surface area contributed by atoms with Gasteiger partial charge < -0.3 is 4.90 Å². The Hall–Kier alpha value is -1.76. The Bertz CT molecular complexity index is 765. The second kappa shape index (κ2) is 3.95. The van der Waals surface area contributed by atoms with Gasteiger partial charge in [0, 0.05) is 17.8 Å². The lowest BCUT2D eigenvalue weighted by atomic mass is 9.58. The molecule has 1 nitrogen and oxygen atoms in total. The third-order valence-corrected chi connectivity index (χ3v) is 6.57. The molecule has 2 saturated heterocycles. The summed E-state index contributed by atoms with van der Waals surface area (Å²) in [6.45, 7) is 6.00. The summed E-state index contributed by atoms with van der Waals surface area (Å²) in [5, 5.41) is 0. The Balaban J connectivity index is 1.86. The fraction of sp³-hybridized carbons (Fsp3) is 0.429. The number of fused-ring (bicyclic) bond motifs is 5. The first kappa shape index (κ1) is 12.8. The van der Waals surface area contributed by atoms with Crippen molar-refractivity contribution in [3.63, 3.8) is 0 Å². The van der Waals surface area contributed by atoms with Crippen LogP contribution in [0.25, 0.3) is 11.1 Å². The average Bonchev–Trinajstić information content (AvgIpc) is 2.55. The SMILES string of the molecule is Cc1cccc2c1N1CC3(C)CCC1(CC3)c1ccccc1-2. The van der Waals surface area contributed by atoms with Crippen LogP contribution < -0.4 is 4.90 Å². The van der Waals surface area contributed by atoms with Gasteiger partial charge in [-0.1, -0.05) is 49.4 Å². The van der Waals surface area contributed by atoms with Gasteiger partial charge in [-0.05, 0) is 54.7 Å². The van der Waals surface area contributed by atoms with Crippen LogP contribution in [0.3, 0.4) is 0 Å². The molecule has 3 heterocycles. The van der Waals surface area contributed by atoms with Crippen molar-refractivity contribution in [1.82, 2.24) is 0 Å². The quantitative estimate of drug-likeness (QED) is 0.638. The molecule has 1 saturated carbocycles. The van der Waals surface area contributed by atoms with Crippen LogP contribution in [-0.2, 0) is 5.54 Å². The molecule has 112 valence electrons. The summed E-state index contributed by atoms with van der Waals surface area (Å²) in [4.78, 5) is 2.78. The van der Waals surface area contributed by atoms with Crippen molar-refractivity contribution >= 4 is 5.69 Å². The summed E-state index contributed by atoms with van der Waals surface area (Å²) in [6.07, 6.45) is 5.38. The lowest BCUT2D eigenvalue weighted by Crippen LogP contribution is -2.61. The molecule has 3 fully saturated rings. The molecule has 1 spiro atoms. The minimum absolute atomic E-state index is 0.257. The number of nitrogens with zero attached hydrogens (tertiary/aromatic N) is 1. The number of para-hydroxylation sites is 1. The predicted octanol–water partition coefficient (Wildman–Crippen LogP) is 5.27. The number of hydrogen-bond acceptors (Lipinski definition) is 1. The van der Waals surface area contributed by atoms with E-state index >= 15 is 0 Å². The highest BCUT2D eigenvalue weighted by Crippen LogP contribution is 2.61. The van der Waals surface area contributed by atoms with Gasteiger partial charge >= 0.3 is 0 Å². The molecule has 22 heavy (non-hydrogen) atoms. The largest absolute Gasteiger partial charge is 0.360 e. The first-order valence-corrected chi connectivity index (χ1v) is 8.60. The molecule has 4 aliphatic rings. The molecule has 0 N–H and O–H groups in total. The van der Waals surface area contributed by atoms with E-state index < -0.39 is 0 Å². The molecule has 0 unspecified atom stereocenters. The van der Waals surface area contributed by atoms with Gasteiger partial charge in [-0.2, -0.15) is 0 Å². The second-order valence-electron chi connectivity index (χ2n) is 7.95. The van der Waals surface area contributed by atoms with E-state index in [2.05, 4.69) is 61.2 Å². The molecule has 0 aromatic heterocycles. The van der Waals surface area contributed by atoms with E-state index in [1.165, 1.54) is 54.6 Å². The molecule has 0 radical (unpaired) electrons. The minimum atomic E-state index is 0.257. The Morgan fingerprint density at radius 1 is 0.864 bits per heavy atom. The second-order valence-corrected chi connectivity index (χ2v) is 7.95. The average molecular weight is 289 g/mol. The van der Waals surface area contributed by atoms with E-state index in [0.29, 0.717) is 5.41 Å². The third kappa shape index (κ3) is 1.40. The summed E-state index contributed by atoms with van der Waals surface area (Å²) in [7, 11) is 0. The highest BCUT2D eigenvalue weighted by molar-refractivity contribution is 5.88. The van der Waals surface area contributed by atoms with Gasteiger partial charge in [0.05, 0.1) is 5.54 Å². The van der Waals surface area contributed by atoms with Crippen molar-refractivity contribution in [3.8, 4) is 11.1 Å².